The molecule has 0 aliphatic carbocycles. The molecular formula is C21H20Cl2F4N2O4S. The van der Waals surface area contributed by atoms with Gasteiger partial charge in [-0.25, -0.2) is 12.8 Å². The molecule has 34 heavy (non-hydrogen) atoms. The molecule has 6 nitrogen and oxygen atoms in total. The molecule has 0 unspecified atom stereocenters. The minimum absolute atomic E-state index is 0. The number of benzene rings is 2. The fourth-order valence-electron chi connectivity index (χ4n) is 3.37. The highest BCUT2D eigenvalue weighted by Gasteiger charge is 2.40. The number of amides is 1. The summed E-state index contributed by atoms with van der Waals surface area (Å²) in [5.74, 6) is -6.13. The first-order valence-corrected chi connectivity index (χ1v) is 11.7. The zero-order chi connectivity index (χ0) is 24.7. The van der Waals surface area contributed by atoms with Crippen LogP contribution in [0.3, 0.4) is 0 Å². The number of alkyl halides is 3. The third-order valence-electron chi connectivity index (χ3n) is 5.26. The Morgan fingerprint density at radius 1 is 1.24 bits per heavy atom. The summed E-state index contributed by atoms with van der Waals surface area (Å²) in [5.41, 5.74) is 5.22. The number of anilines is 1. The van der Waals surface area contributed by atoms with Crippen molar-refractivity contribution in [2.24, 2.45) is 11.7 Å². The summed E-state index contributed by atoms with van der Waals surface area (Å²) in [7, 11) is -4.24. The summed E-state index contributed by atoms with van der Waals surface area (Å²) >= 11 is 5.86. The Labute approximate surface area is 204 Å². The van der Waals surface area contributed by atoms with Gasteiger partial charge in [0.25, 0.3) is 0 Å². The second kappa shape index (κ2) is 10.2. The van der Waals surface area contributed by atoms with E-state index in [4.69, 9.17) is 17.3 Å². The van der Waals surface area contributed by atoms with Gasteiger partial charge in [-0.05, 0) is 29.8 Å². The van der Waals surface area contributed by atoms with Crippen LogP contribution in [0.4, 0.5) is 23.2 Å². The number of halogens is 6. The number of carbonyl (C=O) groups excluding carboxylic acids is 2. The fourth-order valence-corrected chi connectivity index (χ4v) is 5.06. The number of ketones is 1. The van der Waals surface area contributed by atoms with Gasteiger partial charge in [-0.3, -0.25) is 9.59 Å². The summed E-state index contributed by atoms with van der Waals surface area (Å²) in [6.07, 6.45) is -5.72. The molecule has 0 fully saturated rings. The molecule has 1 amide bonds. The minimum atomic E-state index is -4.68. The maximum atomic E-state index is 14.7. The van der Waals surface area contributed by atoms with Crippen molar-refractivity contribution in [3.63, 3.8) is 0 Å². The van der Waals surface area contributed by atoms with Crippen LogP contribution in [0, 0.1) is 11.7 Å². The fraction of sp³-hybridized carbons (Fsp3) is 0.333. The van der Waals surface area contributed by atoms with Crippen LogP contribution in [-0.4, -0.2) is 38.1 Å². The number of sulfone groups is 1. The van der Waals surface area contributed by atoms with Gasteiger partial charge >= 0.3 is 6.18 Å². The minimum Gasteiger partial charge on any atom is -0.319 e. The molecule has 0 spiro atoms. The van der Waals surface area contributed by atoms with Crippen LogP contribution in [0.15, 0.2) is 41.3 Å². The largest absolute Gasteiger partial charge is 0.391 e. The van der Waals surface area contributed by atoms with Crippen molar-refractivity contribution in [2.75, 3.05) is 10.7 Å². The molecule has 0 radical (unpaired) electrons. The third kappa shape index (κ3) is 5.88. The smallest absolute Gasteiger partial charge is 0.319 e. The Morgan fingerprint density at radius 2 is 1.82 bits per heavy atom. The Kier molecular flexibility index (Phi) is 8.40. The summed E-state index contributed by atoms with van der Waals surface area (Å²) in [6, 6.07) is 6.10. The molecule has 1 aliphatic rings. The maximum absolute atomic E-state index is 14.7. The predicted molar refractivity (Wildman–Crippen MR) is 120 cm³/mol. The van der Waals surface area contributed by atoms with Gasteiger partial charge in [0, 0.05) is 11.4 Å². The second-order valence-electron chi connectivity index (χ2n) is 7.81. The van der Waals surface area contributed by atoms with Crippen molar-refractivity contribution in [2.45, 2.75) is 37.0 Å². The van der Waals surface area contributed by atoms with Crippen LogP contribution in [-0.2, 0) is 21.2 Å². The molecule has 1 aliphatic heterocycles. The van der Waals surface area contributed by atoms with Crippen molar-refractivity contribution < 1.29 is 35.6 Å². The second-order valence-corrected chi connectivity index (χ2v) is 10.2. The molecule has 0 bridgehead atoms. The molecule has 2 aromatic carbocycles. The van der Waals surface area contributed by atoms with Gasteiger partial charge in [0.05, 0.1) is 40.4 Å². The number of nitrogens with two attached hydrogens (primary N) is 1. The van der Waals surface area contributed by atoms with Gasteiger partial charge in [0.15, 0.2) is 15.6 Å². The molecule has 1 heterocycles. The Hall–Kier alpha value is -2.21. The van der Waals surface area contributed by atoms with Gasteiger partial charge in [0.1, 0.15) is 5.82 Å². The van der Waals surface area contributed by atoms with Crippen molar-refractivity contribution in [3.8, 4) is 0 Å². The highest BCUT2D eigenvalue weighted by atomic mass is 35.5. The van der Waals surface area contributed by atoms with E-state index in [9.17, 15) is 35.6 Å². The highest BCUT2D eigenvalue weighted by molar-refractivity contribution is 7.91. The van der Waals surface area contributed by atoms with Crippen molar-refractivity contribution >= 4 is 51.2 Å². The van der Waals surface area contributed by atoms with E-state index >= 15 is 0 Å². The Morgan fingerprint density at radius 3 is 2.38 bits per heavy atom. The molecule has 2 aromatic rings. The van der Waals surface area contributed by atoms with E-state index in [0.29, 0.717) is 16.7 Å². The lowest BCUT2D eigenvalue weighted by Gasteiger charge is -2.25. The molecule has 13 heteroatoms. The number of carbonyl (C=O) groups is 2. The molecule has 0 aromatic heterocycles. The summed E-state index contributed by atoms with van der Waals surface area (Å²) in [6.45, 7) is 0.587. The average Bonchev–Trinajstić information content (AvgIpc) is 2.77. The zero-order valence-electron chi connectivity index (χ0n) is 17.6. The number of nitrogens with zero attached hydrogens (tertiary/aromatic N) is 1. The van der Waals surface area contributed by atoms with E-state index in [1.807, 2.05) is 0 Å². The quantitative estimate of drug-likeness (QED) is 0.448. The van der Waals surface area contributed by atoms with E-state index in [1.54, 1.807) is 12.1 Å². The zero-order valence-corrected chi connectivity index (χ0v) is 20.0. The molecule has 3 rings (SSSR count). The summed E-state index contributed by atoms with van der Waals surface area (Å²) in [4.78, 5) is 25.8. The molecular weight excluding hydrogens is 523 g/mol. The van der Waals surface area contributed by atoms with Crippen LogP contribution in [0.25, 0.3) is 0 Å². The molecule has 0 saturated heterocycles. The lowest BCUT2D eigenvalue weighted by Crippen LogP contribution is -2.45. The average molecular weight is 543 g/mol. The van der Waals surface area contributed by atoms with E-state index in [2.05, 4.69) is 0 Å². The predicted octanol–water partition coefficient (Wildman–Crippen LogP) is 4.32. The van der Waals surface area contributed by atoms with Crippen LogP contribution in [0.2, 0.25) is 5.02 Å². The van der Waals surface area contributed by atoms with Gasteiger partial charge in [-0.2, -0.15) is 13.2 Å². The van der Waals surface area contributed by atoms with Gasteiger partial charge in [-0.1, -0.05) is 30.7 Å². The van der Waals surface area contributed by atoms with E-state index in [1.165, 1.54) is 12.1 Å². The maximum Gasteiger partial charge on any atom is 0.391 e. The molecule has 2 N–H and O–H groups in total. The summed E-state index contributed by atoms with van der Waals surface area (Å²) in [5, 5.41) is 0.411. The van der Waals surface area contributed by atoms with Crippen molar-refractivity contribution in [1.82, 2.24) is 0 Å². The van der Waals surface area contributed by atoms with Crippen LogP contribution in [0.5, 0.6) is 0 Å². The van der Waals surface area contributed by atoms with Gasteiger partial charge in [0.2, 0.25) is 5.91 Å². The van der Waals surface area contributed by atoms with Crippen LogP contribution >= 0.6 is 24.0 Å². The SMILES string of the molecule is C[C@H](CC(=O)c1cc2c(cc1F)S(=O)(=O)C[C@H](N)C(=O)N2Cc1ccc(Cl)cc1)C(F)(F)F.Cl. The first-order chi connectivity index (χ1) is 15.2. The number of Topliss-reactive ketones (excluding diaryl/α,β-unsaturated/α-hetero) is 1. The number of hydrogen-bond donors (Lipinski definition) is 1. The van der Waals surface area contributed by atoms with Crippen molar-refractivity contribution in [1.29, 1.82) is 0 Å². The number of rotatable bonds is 5. The number of hydrogen-bond acceptors (Lipinski definition) is 5. The van der Waals surface area contributed by atoms with Crippen LogP contribution in [0.1, 0.15) is 29.3 Å². The van der Waals surface area contributed by atoms with E-state index in [0.717, 1.165) is 17.9 Å². The Bertz CT molecular complexity index is 1200. The topological polar surface area (TPSA) is 97.5 Å². The van der Waals surface area contributed by atoms with E-state index < -0.39 is 68.1 Å². The normalized spacial score (nSPS) is 18.5. The monoisotopic (exact) mass is 542 g/mol. The van der Waals surface area contributed by atoms with Crippen LogP contribution < -0.4 is 10.6 Å². The third-order valence-corrected chi connectivity index (χ3v) is 7.31. The van der Waals surface area contributed by atoms with Gasteiger partial charge in [-0.15, -0.1) is 12.4 Å². The molecule has 0 saturated carbocycles. The van der Waals surface area contributed by atoms with E-state index in [-0.39, 0.29) is 24.6 Å². The van der Waals surface area contributed by atoms with Crippen molar-refractivity contribution in [3.05, 3.63) is 58.4 Å². The summed E-state index contributed by atoms with van der Waals surface area (Å²) < 4.78 is 78.9. The molecule has 186 valence electrons. The standard InChI is InChI=1S/C21H19ClF4N2O4S.ClH/c1-11(21(24,25)26)6-18(29)14-7-17-19(8-15(14)23)33(31,32)10-16(27)20(30)28(17)9-12-2-4-13(22)5-3-12;/h2-5,7-8,11,16H,6,9-10,27H2,1H3;1H/t11-,16+;/m1./s1. The first kappa shape index (κ1) is 28.0. The van der Waals surface area contributed by atoms with Gasteiger partial charge < -0.3 is 10.6 Å². The Balaban J connectivity index is 0.00000408. The first-order valence-electron chi connectivity index (χ1n) is 9.68. The molecule has 2 atom stereocenters. The lowest BCUT2D eigenvalue weighted by molar-refractivity contribution is -0.168. The lowest BCUT2D eigenvalue weighted by atomic mass is 9.98. The number of fused-ring (bicyclic) bond motifs is 1. The highest BCUT2D eigenvalue weighted by Crippen LogP contribution is 2.36.